The van der Waals surface area contributed by atoms with Crippen LogP contribution in [0.15, 0.2) is 28.7 Å². The molecule has 0 spiro atoms. The smallest absolute Gasteiger partial charge is 0.416 e. The maximum absolute atomic E-state index is 12.5. The molecule has 0 aliphatic carbocycles. The number of aliphatic hydroxyl groups excluding tert-OH is 1. The van der Waals surface area contributed by atoms with Gasteiger partial charge in [-0.1, -0.05) is 22.0 Å². The summed E-state index contributed by atoms with van der Waals surface area (Å²) in [6.07, 6.45) is -0.679. The van der Waals surface area contributed by atoms with Crippen molar-refractivity contribution in [3.05, 3.63) is 28.7 Å². The van der Waals surface area contributed by atoms with Crippen molar-refractivity contribution in [1.29, 1.82) is 0 Å². The zero-order chi connectivity index (χ0) is 18.1. The maximum Gasteiger partial charge on any atom is 0.416 e. The van der Waals surface area contributed by atoms with Gasteiger partial charge in [0.1, 0.15) is 5.60 Å². The third-order valence-corrected chi connectivity index (χ3v) is 3.76. The molecule has 0 radical (unpaired) electrons. The van der Waals surface area contributed by atoms with Gasteiger partial charge in [-0.25, -0.2) is 9.78 Å². The highest BCUT2D eigenvalue weighted by Crippen LogP contribution is 2.32. The van der Waals surface area contributed by atoms with Crippen LogP contribution in [0.3, 0.4) is 0 Å². The van der Waals surface area contributed by atoms with Crippen LogP contribution in [0.2, 0.25) is 0 Å². The number of halogens is 1. The van der Waals surface area contributed by atoms with Gasteiger partial charge in [-0.2, -0.15) is 0 Å². The standard InChI is InChI=1S/C17H21BrN2O4/c1-10(9-21)20(16(23)24-17(2,3)4)15-14(22)7-11-5-6-12(18)8-13(11)19-15/h5-8,10,21-22H,9H2,1-4H3/t10-/m0/s1. The maximum atomic E-state index is 12.5. The van der Waals surface area contributed by atoms with E-state index in [9.17, 15) is 15.0 Å². The second kappa shape index (κ2) is 6.94. The molecule has 0 unspecified atom stereocenters. The Labute approximate surface area is 149 Å². The lowest BCUT2D eigenvalue weighted by Crippen LogP contribution is -2.44. The fourth-order valence-electron chi connectivity index (χ4n) is 2.16. The molecule has 0 aliphatic heterocycles. The molecule has 0 bridgehead atoms. The van der Waals surface area contributed by atoms with Crippen molar-refractivity contribution in [2.75, 3.05) is 11.5 Å². The SMILES string of the molecule is C[C@@H](CO)N(C(=O)OC(C)(C)C)c1nc2cc(Br)ccc2cc1O. The molecule has 130 valence electrons. The number of nitrogens with zero attached hydrogens (tertiary/aromatic N) is 2. The molecule has 1 aromatic carbocycles. The van der Waals surface area contributed by atoms with E-state index in [0.29, 0.717) is 5.52 Å². The Bertz CT molecular complexity index is 758. The van der Waals surface area contributed by atoms with Crippen LogP contribution in [-0.4, -0.2) is 39.5 Å². The van der Waals surface area contributed by atoms with Crippen molar-refractivity contribution in [2.24, 2.45) is 0 Å². The van der Waals surface area contributed by atoms with Gasteiger partial charge in [0.05, 0.1) is 18.2 Å². The molecule has 1 aromatic heterocycles. The lowest BCUT2D eigenvalue weighted by Gasteiger charge is -2.30. The first-order valence-electron chi connectivity index (χ1n) is 7.54. The van der Waals surface area contributed by atoms with E-state index in [1.54, 1.807) is 33.8 Å². The topological polar surface area (TPSA) is 82.9 Å². The summed E-state index contributed by atoms with van der Waals surface area (Å²) >= 11 is 3.38. The van der Waals surface area contributed by atoms with E-state index < -0.39 is 17.7 Å². The van der Waals surface area contributed by atoms with Crippen LogP contribution in [-0.2, 0) is 4.74 Å². The molecule has 24 heavy (non-hydrogen) atoms. The Morgan fingerprint density at radius 1 is 1.38 bits per heavy atom. The predicted molar refractivity (Wildman–Crippen MR) is 96.4 cm³/mol. The number of amides is 1. The first-order chi connectivity index (χ1) is 11.1. The molecule has 6 nitrogen and oxygen atoms in total. The monoisotopic (exact) mass is 396 g/mol. The minimum atomic E-state index is -0.708. The van der Waals surface area contributed by atoms with E-state index in [0.717, 1.165) is 9.86 Å². The Morgan fingerprint density at radius 3 is 2.62 bits per heavy atom. The van der Waals surface area contributed by atoms with Crippen molar-refractivity contribution >= 4 is 38.7 Å². The number of aromatic nitrogens is 1. The van der Waals surface area contributed by atoms with Crippen LogP contribution in [0, 0.1) is 0 Å². The van der Waals surface area contributed by atoms with Crippen LogP contribution < -0.4 is 4.90 Å². The lowest BCUT2D eigenvalue weighted by atomic mass is 10.2. The minimum Gasteiger partial charge on any atom is -0.504 e. The number of fused-ring (bicyclic) bond motifs is 1. The second-order valence-electron chi connectivity index (χ2n) is 6.55. The van der Waals surface area contributed by atoms with Crippen LogP contribution in [0.5, 0.6) is 5.75 Å². The van der Waals surface area contributed by atoms with Crippen LogP contribution in [0.4, 0.5) is 10.6 Å². The van der Waals surface area contributed by atoms with Crippen LogP contribution in [0.25, 0.3) is 10.9 Å². The third kappa shape index (κ3) is 4.15. The molecule has 7 heteroatoms. The zero-order valence-electron chi connectivity index (χ0n) is 14.1. The third-order valence-electron chi connectivity index (χ3n) is 3.26. The number of carbonyl (C=O) groups is 1. The van der Waals surface area contributed by atoms with E-state index in [1.165, 1.54) is 11.0 Å². The minimum absolute atomic E-state index is 0.0522. The van der Waals surface area contributed by atoms with E-state index in [1.807, 2.05) is 12.1 Å². The van der Waals surface area contributed by atoms with Gasteiger partial charge in [-0.3, -0.25) is 4.90 Å². The van der Waals surface area contributed by atoms with Crippen molar-refractivity contribution in [3.63, 3.8) is 0 Å². The zero-order valence-corrected chi connectivity index (χ0v) is 15.7. The van der Waals surface area contributed by atoms with E-state index in [4.69, 9.17) is 4.74 Å². The van der Waals surface area contributed by atoms with Crippen molar-refractivity contribution < 1.29 is 19.7 Å². The number of benzene rings is 1. The summed E-state index contributed by atoms with van der Waals surface area (Å²) in [6.45, 7) is 6.60. The number of rotatable bonds is 3. The Hall–Kier alpha value is -1.86. The van der Waals surface area contributed by atoms with Gasteiger partial charge in [0.15, 0.2) is 11.6 Å². The van der Waals surface area contributed by atoms with E-state index in [-0.39, 0.29) is 18.2 Å². The van der Waals surface area contributed by atoms with Gasteiger partial charge in [0.25, 0.3) is 0 Å². The molecule has 2 rings (SSSR count). The molecule has 1 atom stereocenters. The molecule has 0 saturated carbocycles. The summed E-state index contributed by atoms with van der Waals surface area (Å²) in [7, 11) is 0. The van der Waals surface area contributed by atoms with Gasteiger partial charge >= 0.3 is 6.09 Å². The van der Waals surface area contributed by atoms with Crippen molar-refractivity contribution in [3.8, 4) is 5.75 Å². The Balaban J connectivity index is 2.54. The summed E-state index contributed by atoms with van der Waals surface area (Å²) in [5.41, 5.74) is -0.101. The Morgan fingerprint density at radius 2 is 2.04 bits per heavy atom. The van der Waals surface area contributed by atoms with Crippen LogP contribution >= 0.6 is 15.9 Å². The van der Waals surface area contributed by atoms with Crippen molar-refractivity contribution in [2.45, 2.75) is 39.3 Å². The highest BCUT2D eigenvalue weighted by Gasteiger charge is 2.30. The largest absolute Gasteiger partial charge is 0.504 e. The van der Waals surface area contributed by atoms with Gasteiger partial charge in [0.2, 0.25) is 0 Å². The average molecular weight is 397 g/mol. The molecule has 0 fully saturated rings. The first-order valence-corrected chi connectivity index (χ1v) is 8.34. The second-order valence-corrected chi connectivity index (χ2v) is 7.47. The normalized spacial score (nSPS) is 12.9. The van der Waals surface area contributed by atoms with Gasteiger partial charge in [-0.05, 0) is 45.9 Å². The molecule has 1 amide bonds. The predicted octanol–water partition coefficient (Wildman–Crippen LogP) is 3.83. The number of anilines is 1. The molecular formula is C17H21BrN2O4. The number of pyridine rings is 1. The molecular weight excluding hydrogens is 376 g/mol. The number of carbonyl (C=O) groups excluding carboxylic acids is 1. The Kier molecular flexibility index (Phi) is 5.35. The number of ether oxygens (including phenoxy) is 1. The number of aliphatic hydroxyl groups is 1. The summed E-state index contributed by atoms with van der Waals surface area (Å²) in [4.78, 5) is 18.1. The summed E-state index contributed by atoms with van der Waals surface area (Å²) in [5, 5.41) is 20.6. The van der Waals surface area contributed by atoms with Crippen molar-refractivity contribution in [1.82, 2.24) is 4.98 Å². The molecule has 1 heterocycles. The molecule has 2 N–H and O–H groups in total. The van der Waals surface area contributed by atoms with Gasteiger partial charge in [0, 0.05) is 9.86 Å². The number of aromatic hydroxyl groups is 1. The highest BCUT2D eigenvalue weighted by molar-refractivity contribution is 9.10. The van der Waals surface area contributed by atoms with E-state index in [2.05, 4.69) is 20.9 Å². The van der Waals surface area contributed by atoms with Crippen LogP contribution in [0.1, 0.15) is 27.7 Å². The quantitative estimate of drug-likeness (QED) is 0.823. The lowest BCUT2D eigenvalue weighted by molar-refractivity contribution is 0.0552. The summed E-state index contributed by atoms with van der Waals surface area (Å²) in [5.74, 6) is -0.104. The summed E-state index contributed by atoms with van der Waals surface area (Å²) < 4.78 is 6.22. The average Bonchev–Trinajstić information content (AvgIpc) is 2.46. The highest BCUT2D eigenvalue weighted by atomic mass is 79.9. The number of hydrogen-bond acceptors (Lipinski definition) is 5. The summed E-state index contributed by atoms with van der Waals surface area (Å²) in [6, 6.07) is 6.36. The van der Waals surface area contributed by atoms with Gasteiger partial charge in [-0.15, -0.1) is 0 Å². The fourth-order valence-corrected chi connectivity index (χ4v) is 2.51. The fraction of sp³-hybridized carbons (Fsp3) is 0.412. The van der Waals surface area contributed by atoms with Gasteiger partial charge < -0.3 is 14.9 Å². The molecule has 0 aliphatic rings. The number of hydrogen-bond donors (Lipinski definition) is 2. The van der Waals surface area contributed by atoms with E-state index >= 15 is 0 Å². The first kappa shape index (κ1) is 18.5. The molecule has 0 saturated heterocycles. The molecule has 2 aromatic rings.